The Morgan fingerprint density at radius 1 is 1.57 bits per heavy atom. The van der Waals surface area contributed by atoms with Gasteiger partial charge in [0.05, 0.1) is 16.6 Å². The minimum absolute atomic E-state index is 0.281. The van der Waals surface area contributed by atoms with Gasteiger partial charge in [-0.3, -0.25) is 14.3 Å². The molecule has 2 heterocycles. The number of aldehydes is 1. The van der Waals surface area contributed by atoms with Gasteiger partial charge in [0, 0.05) is 12.4 Å². The Balaban J connectivity index is 2.86. The lowest BCUT2D eigenvalue weighted by Crippen LogP contribution is -2.05. The molecule has 0 aliphatic rings. The van der Waals surface area contributed by atoms with Crippen molar-refractivity contribution in [1.82, 2.24) is 9.55 Å². The molecule has 2 aromatic rings. The van der Waals surface area contributed by atoms with Gasteiger partial charge in [-0.25, -0.2) is 4.79 Å². The van der Waals surface area contributed by atoms with Crippen LogP contribution in [0, 0.1) is 0 Å². The van der Waals surface area contributed by atoms with E-state index in [1.165, 1.54) is 12.4 Å². The number of hydrogen-bond acceptors (Lipinski definition) is 3. The van der Waals surface area contributed by atoms with E-state index in [0.717, 1.165) is 4.57 Å². The maximum atomic E-state index is 10.8. The van der Waals surface area contributed by atoms with Crippen LogP contribution in [0.1, 0.15) is 10.4 Å². The number of carbonyl (C=O) groups excluding carboxylic acids is 1. The number of rotatable bonds is 1. The van der Waals surface area contributed by atoms with Crippen molar-refractivity contribution in [2.24, 2.45) is 0 Å². The summed E-state index contributed by atoms with van der Waals surface area (Å²) in [5.74, 6) is 0. The Labute approximate surface area is 78.6 Å². The minimum Gasteiger partial charge on any atom is -0.464 e. The highest BCUT2D eigenvalue weighted by molar-refractivity contribution is 5.98. The van der Waals surface area contributed by atoms with E-state index in [2.05, 4.69) is 4.98 Å². The standard InChI is InChI=1S/C9H6N2O3/c12-5-6-4-11(9(13)14)7-2-1-3-10-8(6)7/h1-5H,(H,13,14). The SMILES string of the molecule is O=Cc1cn(C(=O)O)c2cccnc12. The van der Waals surface area contributed by atoms with Crippen molar-refractivity contribution in [3.05, 3.63) is 30.1 Å². The first kappa shape index (κ1) is 8.43. The van der Waals surface area contributed by atoms with Crippen molar-refractivity contribution in [3.8, 4) is 0 Å². The minimum atomic E-state index is -1.13. The predicted molar refractivity (Wildman–Crippen MR) is 48.5 cm³/mol. The zero-order chi connectivity index (χ0) is 10.1. The molecule has 0 saturated heterocycles. The average molecular weight is 190 g/mol. The summed E-state index contributed by atoms with van der Waals surface area (Å²) in [6.45, 7) is 0. The van der Waals surface area contributed by atoms with Crippen LogP contribution in [0.15, 0.2) is 24.5 Å². The second-order valence-corrected chi connectivity index (χ2v) is 2.73. The summed E-state index contributed by atoms with van der Waals surface area (Å²) < 4.78 is 0.978. The van der Waals surface area contributed by atoms with Gasteiger partial charge in [-0.2, -0.15) is 0 Å². The van der Waals surface area contributed by atoms with Crippen LogP contribution in [0.3, 0.4) is 0 Å². The van der Waals surface area contributed by atoms with Gasteiger partial charge in [-0.05, 0) is 12.1 Å². The van der Waals surface area contributed by atoms with Crippen molar-refractivity contribution < 1.29 is 14.7 Å². The van der Waals surface area contributed by atoms with Crippen LogP contribution in [-0.2, 0) is 0 Å². The zero-order valence-electron chi connectivity index (χ0n) is 7.04. The molecule has 0 bridgehead atoms. The Hall–Kier alpha value is -2.17. The number of nitrogens with zero attached hydrogens (tertiary/aromatic N) is 2. The van der Waals surface area contributed by atoms with Crippen LogP contribution in [0.5, 0.6) is 0 Å². The summed E-state index contributed by atoms with van der Waals surface area (Å²) in [7, 11) is 0. The quantitative estimate of drug-likeness (QED) is 0.689. The second kappa shape index (κ2) is 2.95. The van der Waals surface area contributed by atoms with Gasteiger partial charge in [-0.1, -0.05) is 0 Å². The van der Waals surface area contributed by atoms with Crippen molar-refractivity contribution in [1.29, 1.82) is 0 Å². The molecule has 0 fully saturated rings. The Kier molecular flexibility index (Phi) is 1.78. The molecule has 14 heavy (non-hydrogen) atoms. The first-order valence-corrected chi connectivity index (χ1v) is 3.88. The molecule has 2 rings (SSSR count). The molecule has 0 atom stereocenters. The van der Waals surface area contributed by atoms with Crippen LogP contribution in [-0.4, -0.2) is 27.0 Å². The smallest absolute Gasteiger partial charge is 0.416 e. The fourth-order valence-electron chi connectivity index (χ4n) is 1.33. The van der Waals surface area contributed by atoms with E-state index in [1.807, 2.05) is 0 Å². The number of hydrogen-bond donors (Lipinski definition) is 1. The maximum Gasteiger partial charge on any atom is 0.416 e. The lowest BCUT2D eigenvalue weighted by atomic mass is 10.3. The van der Waals surface area contributed by atoms with Gasteiger partial charge < -0.3 is 5.11 Å². The molecule has 0 saturated carbocycles. The molecule has 5 heteroatoms. The molecule has 0 radical (unpaired) electrons. The summed E-state index contributed by atoms with van der Waals surface area (Å²) in [4.78, 5) is 25.3. The van der Waals surface area contributed by atoms with Crippen molar-refractivity contribution in [3.63, 3.8) is 0 Å². The highest BCUT2D eigenvalue weighted by Crippen LogP contribution is 2.16. The van der Waals surface area contributed by atoms with E-state index >= 15 is 0 Å². The molecule has 2 aromatic heterocycles. The van der Waals surface area contributed by atoms with Crippen molar-refractivity contribution in [2.75, 3.05) is 0 Å². The Morgan fingerprint density at radius 3 is 3.00 bits per heavy atom. The van der Waals surface area contributed by atoms with Gasteiger partial charge in [-0.15, -0.1) is 0 Å². The molecule has 1 N–H and O–H groups in total. The molecular weight excluding hydrogens is 184 g/mol. The molecule has 0 spiro atoms. The third-order valence-corrected chi connectivity index (χ3v) is 1.92. The predicted octanol–water partition coefficient (Wildman–Crippen LogP) is 1.37. The van der Waals surface area contributed by atoms with Gasteiger partial charge >= 0.3 is 6.09 Å². The zero-order valence-corrected chi connectivity index (χ0v) is 7.04. The molecule has 0 aromatic carbocycles. The number of carboxylic acid groups (broad SMARTS) is 1. The number of fused-ring (bicyclic) bond motifs is 1. The molecular formula is C9H6N2O3. The lowest BCUT2D eigenvalue weighted by molar-refractivity contribution is 0.112. The van der Waals surface area contributed by atoms with E-state index in [4.69, 9.17) is 5.11 Å². The van der Waals surface area contributed by atoms with E-state index in [0.29, 0.717) is 17.3 Å². The van der Waals surface area contributed by atoms with E-state index in [1.54, 1.807) is 12.1 Å². The summed E-state index contributed by atoms with van der Waals surface area (Å²) in [6.07, 6.45) is 2.24. The normalized spacial score (nSPS) is 10.3. The third kappa shape index (κ3) is 1.06. The topological polar surface area (TPSA) is 72.2 Å². The summed E-state index contributed by atoms with van der Waals surface area (Å²) in [5.41, 5.74) is 1.11. The van der Waals surface area contributed by atoms with Crippen LogP contribution in [0.2, 0.25) is 0 Å². The molecule has 5 nitrogen and oxygen atoms in total. The first-order chi connectivity index (χ1) is 6.74. The van der Waals surface area contributed by atoms with Crippen LogP contribution in [0.4, 0.5) is 4.79 Å². The summed E-state index contributed by atoms with van der Waals surface area (Å²) >= 11 is 0. The summed E-state index contributed by atoms with van der Waals surface area (Å²) in [5, 5.41) is 8.81. The van der Waals surface area contributed by atoms with Crippen LogP contribution in [0.25, 0.3) is 11.0 Å². The number of aromatic nitrogens is 2. The molecule has 0 aliphatic carbocycles. The van der Waals surface area contributed by atoms with Crippen molar-refractivity contribution in [2.45, 2.75) is 0 Å². The molecule has 0 amide bonds. The largest absolute Gasteiger partial charge is 0.464 e. The Bertz CT molecular complexity index is 516. The summed E-state index contributed by atoms with van der Waals surface area (Å²) in [6, 6.07) is 3.22. The molecule has 0 aliphatic heterocycles. The first-order valence-electron chi connectivity index (χ1n) is 3.88. The van der Waals surface area contributed by atoms with E-state index < -0.39 is 6.09 Å². The second-order valence-electron chi connectivity index (χ2n) is 2.73. The van der Waals surface area contributed by atoms with Gasteiger partial charge in [0.2, 0.25) is 0 Å². The molecule has 70 valence electrons. The fourth-order valence-corrected chi connectivity index (χ4v) is 1.33. The van der Waals surface area contributed by atoms with E-state index in [9.17, 15) is 9.59 Å². The third-order valence-electron chi connectivity index (χ3n) is 1.92. The monoisotopic (exact) mass is 190 g/mol. The molecule has 0 unspecified atom stereocenters. The number of carbonyl (C=O) groups is 2. The fraction of sp³-hybridized carbons (Fsp3) is 0. The average Bonchev–Trinajstić information content (AvgIpc) is 2.56. The Morgan fingerprint density at radius 2 is 2.36 bits per heavy atom. The maximum absolute atomic E-state index is 10.8. The van der Waals surface area contributed by atoms with Crippen molar-refractivity contribution >= 4 is 23.4 Å². The van der Waals surface area contributed by atoms with E-state index in [-0.39, 0.29) is 5.56 Å². The number of pyridine rings is 1. The van der Waals surface area contributed by atoms with Gasteiger partial charge in [0.1, 0.15) is 0 Å². The van der Waals surface area contributed by atoms with Crippen LogP contribution >= 0.6 is 0 Å². The lowest BCUT2D eigenvalue weighted by Gasteiger charge is -1.94. The highest BCUT2D eigenvalue weighted by Gasteiger charge is 2.12. The van der Waals surface area contributed by atoms with Crippen LogP contribution < -0.4 is 0 Å². The van der Waals surface area contributed by atoms with Gasteiger partial charge in [0.15, 0.2) is 6.29 Å². The highest BCUT2D eigenvalue weighted by atomic mass is 16.4. The van der Waals surface area contributed by atoms with Gasteiger partial charge in [0.25, 0.3) is 0 Å².